The summed E-state index contributed by atoms with van der Waals surface area (Å²) in [6, 6.07) is 0.128. The highest BCUT2D eigenvalue weighted by atomic mass is 32.1. The largest absolute Gasteiger partial charge is 0.450 e. The maximum Gasteiger partial charge on any atom is 0.409 e. The molecule has 1 N–H and O–H groups in total. The van der Waals surface area contributed by atoms with E-state index in [9.17, 15) is 9.59 Å². The molecular formula is C14H21N3O3S. The zero-order chi connectivity index (χ0) is 15.2. The van der Waals surface area contributed by atoms with Crippen molar-refractivity contribution in [1.29, 1.82) is 0 Å². The summed E-state index contributed by atoms with van der Waals surface area (Å²) >= 11 is 1.55. The van der Waals surface area contributed by atoms with Crippen LogP contribution >= 0.6 is 11.3 Å². The highest BCUT2D eigenvalue weighted by Gasteiger charge is 2.24. The molecule has 1 aromatic rings. The lowest BCUT2D eigenvalue weighted by Crippen LogP contribution is -2.47. The van der Waals surface area contributed by atoms with E-state index in [0.717, 1.165) is 23.5 Å². The number of carbonyl (C=O) groups is 2. The number of rotatable bonds is 4. The van der Waals surface area contributed by atoms with Crippen LogP contribution in [0.3, 0.4) is 0 Å². The van der Waals surface area contributed by atoms with Gasteiger partial charge in [-0.15, -0.1) is 11.3 Å². The molecule has 7 heteroatoms. The molecule has 0 radical (unpaired) electrons. The normalized spacial score (nSPS) is 15.8. The maximum absolute atomic E-state index is 12.0. The van der Waals surface area contributed by atoms with Crippen molar-refractivity contribution < 1.29 is 14.3 Å². The lowest BCUT2D eigenvalue weighted by atomic mass is 10.1. The number of piperidine rings is 1. The summed E-state index contributed by atoms with van der Waals surface area (Å²) in [5, 5.41) is 5.90. The van der Waals surface area contributed by atoms with E-state index in [1.54, 1.807) is 23.2 Å². The van der Waals surface area contributed by atoms with Gasteiger partial charge in [0.1, 0.15) is 0 Å². The molecular weight excluding hydrogens is 290 g/mol. The Morgan fingerprint density at radius 1 is 1.48 bits per heavy atom. The van der Waals surface area contributed by atoms with Crippen molar-refractivity contribution in [1.82, 2.24) is 15.2 Å². The third-order valence-corrected chi connectivity index (χ3v) is 4.22. The second-order valence-corrected chi connectivity index (χ2v) is 6.12. The Hall–Kier alpha value is -1.63. The smallest absolute Gasteiger partial charge is 0.409 e. The van der Waals surface area contributed by atoms with Gasteiger partial charge in [-0.2, -0.15) is 0 Å². The molecule has 0 aliphatic carbocycles. The van der Waals surface area contributed by atoms with Crippen molar-refractivity contribution in [3.63, 3.8) is 0 Å². The standard InChI is InChI=1S/C14H21N3O3S/c1-3-20-14(19)17-6-4-11(5-7-17)16-13(18)8-12-9-21-10(2)15-12/h9,11H,3-8H2,1-2H3,(H,16,18). The van der Waals surface area contributed by atoms with Gasteiger partial charge in [-0.25, -0.2) is 9.78 Å². The minimum Gasteiger partial charge on any atom is -0.450 e. The number of nitrogens with zero attached hydrogens (tertiary/aromatic N) is 2. The Morgan fingerprint density at radius 3 is 2.76 bits per heavy atom. The second kappa shape index (κ2) is 7.40. The predicted molar refractivity (Wildman–Crippen MR) is 80.3 cm³/mol. The Morgan fingerprint density at radius 2 is 2.19 bits per heavy atom. The molecule has 6 nitrogen and oxygen atoms in total. The summed E-state index contributed by atoms with van der Waals surface area (Å²) in [6.45, 7) is 5.37. The highest BCUT2D eigenvalue weighted by Crippen LogP contribution is 2.12. The van der Waals surface area contributed by atoms with Crippen LogP contribution in [0.25, 0.3) is 0 Å². The zero-order valence-electron chi connectivity index (χ0n) is 12.4. The van der Waals surface area contributed by atoms with Gasteiger partial charge >= 0.3 is 6.09 Å². The SMILES string of the molecule is CCOC(=O)N1CCC(NC(=O)Cc2csc(C)n2)CC1. The van der Waals surface area contributed by atoms with Crippen molar-refractivity contribution >= 4 is 23.3 Å². The molecule has 2 rings (SSSR count). The fourth-order valence-corrected chi connectivity index (χ4v) is 2.97. The van der Waals surface area contributed by atoms with Crippen LogP contribution in [-0.4, -0.2) is 47.6 Å². The molecule has 1 aliphatic rings. The van der Waals surface area contributed by atoms with Crippen molar-refractivity contribution in [3.8, 4) is 0 Å². The number of carbonyl (C=O) groups excluding carboxylic acids is 2. The minimum atomic E-state index is -0.264. The van der Waals surface area contributed by atoms with E-state index >= 15 is 0 Å². The molecule has 2 amide bonds. The molecule has 0 unspecified atom stereocenters. The summed E-state index contributed by atoms with van der Waals surface area (Å²) in [5.41, 5.74) is 0.818. The van der Waals surface area contributed by atoms with Gasteiger partial charge in [-0.05, 0) is 26.7 Å². The minimum absolute atomic E-state index is 0.00474. The summed E-state index contributed by atoms with van der Waals surface area (Å²) in [6.07, 6.45) is 1.59. The van der Waals surface area contributed by atoms with Crippen LogP contribution in [0.2, 0.25) is 0 Å². The molecule has 0 saturated carbocycles. The third kappa shape index (κ3) is 4.70. The number of aryl methyl sites for hydroxylation is 1. The first-order valence-electron chi connectivity index (χ1n) is 7.20. The number of likely N-dealkylation sites (tertiary alicyclic amines) is 1. The van der Waals surface area contributed by atoms with Crippen LogP contribution in [0, 0.1) is 6.92 Å². The number of nitrogens with one attached hydrogen (secondary N) is 1. The van der Waals surface area contributed by atoms with Gasteiger partial charge in [0, 0.05) is 24.5 Å². The van der Waals surface area contributed by atoms with Gasteiger partial charge in [-0.1, -0.05) is 0 Å². The predicted octanol–water partition coefficient (Wildman–Crippen LogP) is 1.73. The van der Waals surface area contributed by atoms with Crippen LogP contribution in [0.4, 0.5) is 4.79 Å². The van der Waals surface area contributed by atoms with Crippen molar-refractivity contribution in [3.05, 3.63) is 16.1 Å². The average molecular weight is 311 g/mol. The Bertz CT molecular complexity index is 495. The van der Waals surface area contributed by atoms with Crippen molar-refractivity contribution in [2.45, 2.75) is 39.2 Å². The molecule has 2 heterocycles. The van der Waals surface area contributed by atoms with Gasteiger partial charge in [0.2, 0.25) is 5.91 Å². The average Bonchev–Trinajstić information content (AvgIpc) is 2.85. The van der Waals surface area contributed by atoms with Gasteiger partial charge in [-0.3, -0.25) is 4.79 Å². The van der Waals surface area contributed by atoms with Gasteiger partial charge in [0.05, 0.1) is 23.7 Å². The van der Waals surface area contributed by atoms with E-state index in [2.05, 4.69) is 10.3 Å². The Labute approximate surface area is 128 Å². The number of amides is 2. The molecule has 116 valence electrons. The number of ether oxygens (including phenoxy) is 1. The monoisotopic (exact) mass is 311 g/mol. The van der Waals surface area contributed by atoms with Crippen LogP contribution in [0.15, 0.2) is 5.38 Å². The van der Waals surface area contributed by atoms with Crippen molar-refractivity contribution in [2.75, 3.05) is 19.7 Å². The lowest BCUT2D eigenvalue weighted by molar-refractivity contribution is -0.121. The molecule has 1 saturated heterocycles. The van der Waals surface area contributed by atoms with Crippen molar-refractivity contribution in [2.24, 2.45) is 0 Å². The van der Waals surface area contributed by atoms with E-state index in [4.69, 9.17) is 4.74 Å². The topological polar surface area (TPSA) is 71.5 Å². The van der Waals surface area contributed by atoms with E-state index in [1.165, 1.54) is 0 Å². The summed E-state index contributed by atoms with van der Waals surface area (Å²) in [7, 11) is 0. The first-order valence-corrected chi connectivity index (χ1v) is 8.08. The fourth-order valence-electron chi connectivity index (χ4n) is 2.35. The highest BCUT2D eigenvalue weighted by molar-refractivity contribution is 7.09. The van der Waals surface area contributed by atoms with E-state index < -0.39 is 0 Å². The van der Waals surface area contributed by atoms with E-state index in [-0.39, 0.29) is 18.0 Å². The summed E-state index contributed by atoms with van der Waals surface area (Å²) in [4.78, 5) is 29.5. The van der Waals surface area contributed by atoms with Crippen LogP contribution in [0.1, 0.15) is 30.5 Å². The number of hydrogen-bond donors (Lipinski definition) is 1. The number of thiazole rings is 1. The number of aromatic nitrogens is 1. The first kappa shape index (κ1) is 15.8. The van der Waals surface area contributed by atoms with Crippen LogP contribution < -0.4 is 5.32 Å². The molecule has 21 heavy (non-hydrogen) atoms. The quantitative estimate of drug-likeness (QED) is 0.919. The van der Waals surface area contributed by atoms with Gasteiger partial charge in [0.25, 0.3) is 0 Å². The summed E-state index contributed by atoms with van der Waals surface area (Å²) in [5.74, 6) is -0.00474. The van der Waals surface area contributed by atoms with E-state index in [0.29, 0.717) is 26.1 Å². The molecule has 1 aliphatic heterocycles. The first-order chi connectivity index (χ1) is 10.1. The molecule has 0 atom stereocenters. The summed E-state index contributed by atoms with van der Waals surface area (Å²) < 4.78 is 4.97. The van der Waals surface area contributed by atoms with E-state index in [1.807, 2.05) is 12.3 Å². The molecule has 0 bridgehead atoms. The van der Waals surface area contributed by atoms with Gasteiger partial charge in [0.15, 0.2) is 0 Å². The van der Waals surface area contributed by atoms with Gasteiger partial charge < -0.3 is 15.0 Å². The zero-order valence-corrected chi connectivity index (χ0v) is 13.2. The molecule has 1 aromatic heterocycles. The van der Waals surface area contributed by atoms with Crippen LogP contribution in [0.5, 0.6) is 0 Å². The number of hydrogen-bond acceptors (Lipinski definition) is 5. The Kier molecular flexibility index (Phi) is 5.55. The third-order valence-electron chi connectivity index (χ3n) is 3.39. The van der Waals surface area contributed by atoms with Crippen LogP contribution in [-0.2, 0) is 16.0 Å². The maximum atomic E-state index is 12.0. The fraction of sp³-hybridized carbons (Fsp3) is 0.643. The molecule has 0 aromatic carbocycles. The Balaban J connectivity index is 1.73. The lowest BCUT2D eigenvalue weighted by Gasteiger charge is -2.31. The molecule has 1 fully saturated rings. The molecule has 0 spiro atoms. The second-order valence-electron chi connectivity index (χ2n) is 5.06.